The predicted octanol–water partition coefficient (Wildman–Crippen LogP) is 4.54. The highest BCUT2D eigenvalue weighted by molar-refractivity contribution is 7.98. The number of aliphatic hydroxyl groups is 1. The molecule has 0 spiro atoms. The molecule has 3 saturated heterocycles. The average Bonchev–Trinajstić information content (AvgIpc) is 3.82. The van der Waals surface area contributed by atoms with E-state index in [-0.39, 0.29) is 43.1 Å². The van der Waals surface area contributed by atoms with Gasteiger partial charge in [0.1, 0.15) is 48.0 Å². The third-order valence-electron chi connectivity index (χ3n) is 12.1. The fraction of sp³-hybridized carbons (Fsp3) is 0.651. The summed E-state index contributed by atoms with van der Waals surface area (Å²) in [6, 6.07) is 4.15. The summed E-state index contributed by atoms with van der Waals surface area (Å²) in [7, 11) is 3.69. The molecule has 3 fully saturated rings. The first-order valence-corrected chi connectivity index (χ1v) is 21.5. The maximum absolute atomic E-state index is 14.5. The summed E-state index contributed by atoms with van der Waals surface area (Å²) in [6.45, 7) is 13.2. The largest absolute Gasteiger partial charge is 0.458 e. The van der Waals surface area contributed by atoms with Gasteiger partial charge in [-0.1, -0.05) is 38.8 Å². The molecule has 1 amide bonds. The van der Waals surface area contributed by atoms with Crippen molar-refractivity contribution >= 4 is 35.4 Å². The molecule has 3 aliphatic heterocycles. The van der Waals surface area contributed by atoms with Gasteiger partial charge < -0.3 is 43.5 Å². The van der Waals surface area contributed by atoms with Gasteiger partial charge in [0.05, 0.1) is 34.3 Å². The van der Waals surface area contributed by atoms with Crippen molar-refractivity contribution in [2.24, 2.45) is 23.7 Å². The number of pyridine rings is 1. The number of hydrogen-bond donors (Lipinski definition) is 2. The number of ether oxygens (including phenoxy) is 5. The minimum atomic E-state index is -1.49. The fourth-order valence-corrected chi connectivity index (χ4v) is 9.51. The van der Waals surface area contributed by atoms with Crippen LogP contribution in [-0.2, 0) is 38.1 Å². The minimum absolute atomic E-state index is 0.00525. The number of nitriles is 1. The van der Waals surface area contributed by atoms with Crippen LogP contribution in [0.4, 0.5) is 4.79 Å². The van der Waals surface area contributed by atoms with E-state index in [1.54, 1.807) is 53.7 Å². The van der Waals surface area contributed by atoms with E-state index in [1.165, 1.54) is 24.9 Å². The van der Waals surface area contributed by atoms with Crippen molar-refractivity contribution in [2.45, 2.75) is 134 Å². The van der Waals surface area contributed by atoms with Crippen LogP contribution in [0.3, 0.4) is 0 Å². The molecule has 16 nitrogen and oxygen atoms in total. The number of nitrogens with zero attached hydrogens (tertiary/aromatic N) is 4. The molecule has 0 aliphatic carbocycles. The molecule has 2 N–H and O–H groups in total. The lowest BCUT2D eigenvalue weighted by Gasteiger charge is -2.47. The van der Waals surface area contributed by atoms with Crippen molar-refractivity contribution in [3.8, 4) is 29.3 Å². The topological polar surface area (TPSA) is 213 Å². The first-order valence-electron chi connectivity index (χ1n) is 20.3. The number of nitrogens with one attached hydrogen (secondary N) is 1. The average molecular weight is 852 g/mol. The zero-order chi connectivity index (χ0) is 44.3. The van der Waals surface area contributed by atoms with Crippen LogP contribution < -0.4 is 5.32 Å². The second-order valence-electron chi connectivity index (χ2n) is 16.7. The van der Waals surface area contributed by atoms with E-state index in [0.717, 1.165) is 0 Å². The number of carbonyl (C=O) groups is 4. The number of esters is 1. The van der Waals surface area contributed by atoms with Crippen LogP contribution in [-0.4, -0.2) is 125 Å². The molecular formula is C43H57N5O11S. The number of thioether (sulfide) groups is 1. The summed E-state index contributed by atoms with van der Waals surface area (Å²) >= 11 is 1.36. The summed E-state index contributed by atoms with van der Waals surface area (Å²) in [5, 5.41) is 28.1. The van der Waals surface area contributed by atoms with Gasteiger partial charge in [-0.25, -0.2) is 4.79 Å². The Bertz CT molecular complexity index is 2030. The summed E-state index contributed by atoms with van der Waals surface area (Å²) in [5.41, 5.74) is -1.61. The Balaban J connectivity index is 1.55. The standard InChI is InChI=1S/C43H57N5O11S/c1-12-31-43(8)37(46-41(53)58-43)24(4)33(49)22(2)20-42(7,54-17-13-14-28-19-29(47-59-28)32-36(60-11)27(21-44)15-16-45-32)38(25(5)34(50)26(6)39(52)56-31)57-40-35(51)30(48(9)10)18-23(3)55-40/h15-16,19,22-26,30-31,35,37-38,40,51H,12,17-18,20H2,1-11H3,(H,46,53)/t22-,23-,24-,25+,26-,30+,31+,35-,37-,38-,40+,42+,43-/m1/s1. The van der Waals surface area contributed by atoms with Gasteiger partial charge in [-0.05, 0) is 79.3 Å². The molecule has 0 aromatic carbocycles. The first kappa shape index (κ1) is 46.7. The van der Waals surface area contributed by atoms with E-state index in [4.69, 9.17) is 28.2 Å². The number of alkyl carbamates (subject to hydrolysis) is 1. The smallest absolute Gasteiger partial charge is 0.408 e. The van der Waals surface area contributed by atoms with E-state index < -0.39 is 83.4 Å². The molecule has 13 atom stereocenters. The highest BCUT2D eigenvalue weighted by atomic mass is 32.2. The summed E-state index contributed by atoms with van der Waals surface area (Å²) in [6.07, 6.45) is -1.52. The van der Waals surface area contributed by atoms with Gasteiger partial charge in [-0.15, -0.1) is 11.8 Å². The molecule has 2 aromatic rings. The lowest BCUT2D eigenvalue weighted by molar-refractivity contribution is -0.296. The molecule has 0 bridgehead atoms. The number of fused-ring (bicyclic) bond motifs is 1. The van der Waals surface area contributed by atoms with Crippen molar-refractivity contribution in [3.05, 3.63) is 29.7 Å². The van der Waals surface area contributed by atoms with E-state index in [2.05, 4.69) is 33.4 Å². The Labute approximate surface area is 355 Å². The molecule has 17 heteroatoms. The third kappa shape index (κ3) is 9.57. The Morgan fingerprint density at radius 2 is 1.82 bits per heavy atom. The molecule has 5 heterocycles. The molecule has 2 aromatic heterocycles. The molecule has 5 rings (SSSR count). The molecule has 0 saturated carbocycles. The van der Waals surface area contributed by atoms with Gasteiger partial charge in [0.15, 0.2) is 17.7 Å². The number of cyclic esters (lactones) is 1. The molecule has 326 valence electrons. The highest BCUT2D eigenvalue weighted by Crippen LogP contribution is 2.40. The van der Waals surface area contributed by atoms with Crippen molar-refractivity contribution in [3.63, 3.8) is 0 Å². The van der Waals surface area contributed by atoms with Crippen molar-refractivity contribution in [1.29, 1.82) is 5.26 Å². The van der Waals surface area contributed by atoms with Gasteiger partial charge in [0.25, 0.3) is 0 Å². The second kappa shape index (κ2) is 19.1. The zero-order valence-electron chi connectivity index (χ0n) is 36.1. The number of amides is 1. The van der Waals surface area contributed by atoms with Gasteiger partial charge in [-0.3, -0.25) is 19.4 Å². The quantitative estimate of drug-likeness (QED) is 0.161. The van der Waals surface area contributed by atoms with Gasteiger partial charge in [0, 0.05) is 36.1 Å². The van der Waals surface area contributed by atoms with Crippen molar-refractivity contribution in [2.75, 3.05) is 27.0 Å². The predicted molar refractivity (Wildman–Crippen MR) is 218 cm³/mol. The molecular weight excluding hydrogens is 795 g/mol. The van der Waals surface area contributed by atoms with E-state index in [0.29, 0.717) is 28.3 Å². The highest BCUT2D eigenvalue weighted by Gasteiger charge is 2.57. The number of Topliss-reactive ketones (excluding diaryl/α,β-unsaturated/α-hetero) is 2. The third-order valence-corrected chi connectivity index (χ3v) is 12.9. The minimum Gasteiger partial charge on any atom is -0.458 e. The molecule has 3 aliphatic rings. The van der Waals surface area contributed by atoms with Crippen LogP contribution in [0.5, 0.6) is 0 Å². The Morgan fingerprint density at radius 1 is 1.10 bits per heavy atom. The lowest BCUT2D eigenvalue weighted by Crippen LogP contribution is -2.60. The molecule has 60 heavy (non-hydrogen) atoms. The van der Waals surface area contributed by atoms with E-state index >= 15 is 0 Å². The monoisotopic (exact) mass is 851 g/mol. The summed E-state index contributed by atoms with van der Waals surface area (Å²) < 4.78 is 36.7. The van der Waals surface area contributed by atoms with Gasteiger partial charge >= 0.3 is 12.1 Å². The maximum Gasteiger partial charge on any atom is 0.408 e. The number of ketones is 2. The van der Waals surface area contributed by atoms with Crippen LogP contribution in [0.15, 0.2) is 27.7 Å². The number of likely N-dealkylation sites (N-methyl/N-ethyl adjacent to an activating group) is 1. The first-order chi connectivity index (χ1) is 28.3. The Hall–Kier alpha value is -4.36. The second-order valence-corrected chi connectivity index (χ2v) is 17.5. The number of aromatic nitrogens is 2. The Morgan fingerprint density at radius 3 is 2.47 bits per heavy atom. The number of aliphatic hydroxyl groups excluding tert-OH is 1. The Kier molecular flexibility index (Phi) is 14.9. The normalized spacial score (nSPS) is 35.3. The summed E-state index contributed by atoms with van der Waals surface area (Å²) in [4.78, 5) is 62.5. The summed E-state index contributed by atoms with van der Waals surface area (Å²) in [5.74, 6) is 0.502. The van der Waals surface area contributed by atoms with Crippen LogP contribution in [0, 0.1) is 46.8 Å². The number of hydrogen-bond acceptors (Lipinski definition) is 16. The van der Waals surface area contributed by atoms with Crippen molar-refractivity contribution < 1.29 is 52.5 Å². The number of rotatable bonds is 8. The van der Waals surface area contributed by atoms with Crippen molar-refractivity contribution in [1.82, 2.24) is 20.4 Å². The SMILES string of the molecule is CC[C@@H]1OC(=O)[C@H](C)C(=O)[C@H](C)[C@@H](O[C@@H]2O[C@H](C)C[C@H](N(C)C)[C@H]2O)[C@@](C)(OCC#Cc2cc(-c3nccc(C#N)c3SC)no2)C[C@@H](C)C(=O)[C@@H](C)[C@H]2NC(=O)O[C@]12C. The van der Waals surface area contributed by atoms with E-state index in [9.17, 15) is 29.5 Å². The number of carbonyl (C=O) groups excluding carboxylic acids is 4. The molecule has 0 unspecified atom stereocenters. The van der Waals surface area contributed by atoms with Crippen LogP contribution in [0.25, 0.3) is 11.4 Å². The molecule has 0 radical (unpaired) electrons. The van der Waals surface area contributed by atoms with Crippen LogP contribution in [0.1, 0.15) is 86.0 Å². The van der Waals surface area contributed by atoms with Gasteiger partial charge in [0.2, 0.25) is 5.76 Å². The lowest BCUT2D eigenvalue weighted by atomic mass is 9.73. The van der Waals surface area contributed by atoms with Crippen LogP contribution in [0.2, 0.25) is 0 Å². The van der Waals surface area contributed by atoms with Crippen LogP contribution >= 0.6 is 11.8 Å². The zero-order valence-corrected chi connectivity index (χ0v) is 37.0. The fourth-order valence-electron chi connectivity index (χ4n) is 8.82. The van der Waals surface area contributed by atoms with E-state index in [1.807, 2.05) is 32.2 Å². The van der Waals surface area contributed by atoms with Gasteiger partial charge in [-0.2, -0.15) is 5.26 Å². The maximum atomic E-state index is 14.5.